The minimum absolute atomic E-state index is 0.00781. The summed E-state index contributed by atoms with van der Waals surface area (Å²) in [7, 11) is 0. The first-order chi connectivity index (χ1) is 11.9. The van der Waals surface area contributed by atoms with Gasteiger partial charge in [-0.05, 0) is 41.8 Å². The molecule has 0 atom stereocenters. The van der Waals surface area contributed by atoms with Gasteiger partial charge in [-0.15, -0.1) is 0 Å². The van der Waals surface area contributed by atoms with E-state index in [9.17, 15) is 9.59 Å². The highest BCUT2D eigenvalue weighted by Gasteiger charge is 2.08. The van der Waals surface area contributed by atoms with E-state index >= 15 is 0 Å². The van der Waals surface area contributed by atoms with Crippen LogP contribution in [0.1, 0.15) is 31.4 Å². The molecule has 0 saturated heterocycles. The van der Waals surface area contributed by atoms with Crippen LogP contribution in [0.2, 0.25) is 5.02 Å². The lowest BCUT2D eigenvalue weighted by Crippen LogP contribution is -2.23. The van der Waals surface area contributed by atoms with E-state index in [0.717, 1.165) is 16.8 Å². The second-order valence-corrected chi connectivity index (χ2v) is 6.68. The van der Waals surface area contributed by atoms with Crippen molar-refractivity contribution in [2.24, 2.45) is 5.92 Å². The highest BCUT2D eigenvalue weighted by molar-refractivity contribution is 6.30. The molecule has 0 aromatic heterocycles. The second-order valence-electron chi connectivity index (χ2n) is 6.25. The van der Waals surface area contributed by atoms with Gasteiger partial charge < -0.3 is 10.6 Å². The lowest BCUT2D eigenvalue weighted by atomic mass is 10.1. The predicted octanol–water partition coefficient (Wildman–Crippen LogP) is 4.18. The molecule has 0 aliphatic heterocycles. The largest absolute Gasteiger partial charge is 0.352 e. The van der Waals surface area contributed by atoms with Crippen LogP contribution in [-0.4, -0.2) is 11.8 Å². The monoisotopic (exact) mass is 358 g/mol. The summed E-state index contributed by atoms with van der Waals surface area (Å²) >= 11 is 5.85. The molecule has 0 fully saturated rings. The van der Waals surface area contributed by atoms with Gasteiger partial charge in [-0.2, -0.15) is 0 Å². The van der Waals surface area contributed by atoms with Crippen LogP contribution >= 0.6 is 11.6 Å². The smallest absolute Gasteiger partial charge is 0.226 e. The number of carbonyl (C=O) groups excluding carboxylic acids is 2. The lowest BCUT2D eigenvalue weighted by Gasteiger charge is -2.10. The van der Waals surface area contributed by atoms with Gasteiger partial charge in [0.25, 0.3) is 0 Å². The van der Waals surface area contributed by atoms with Crippen LogP contribution in [-0.2, 0) is 22.6 Å². The fourth-order valence-electron chi connectivity index (χ4n) is 2.24. The molecule has 0 aliphatic rings. The maximum absolute atomic E-state index is 12.0. The number of hydrogen-bond donors (Lipinski definition) is 2. The number of anilines is 1. The van der Waals surface area contributed by atoms with E-state index in [1.807, 2.05) is 62.4 Å². The Balaban J connectivity index is 1.81. The molecule has 4 nitrogen and oxygen atoms in total. The molecule has 0 bridgehead atoms. The molecule has 5 heteroatoms. The van der Waals surface area contributed by atoms with Gasteiger partial charge in [0.2, 0.25) is 11.8 Å². The molecule has 2 aromatic carbocycles. The van der Waals surface area contributed by atoms with Gasteiger partial charge in [0.05, 0.1) is 0 Å². The van der Waals surface area contributed by atoms with Gasteiger partial charge in [-0.3, -0.25) is 9.59 Å². The maximum Gasteiger partial charge on any atom is 0.226 e. The van der Waals surface area contributed by atoms with E-state index in [2.05, 4.69) is 10.6 Å². The molecular weight excluding hydrogens is 336 g/mol. The van der Waals surface area contributed by atoms with E-state index in [-0.39, 0.29) is 17.7 Å². The third kappa shape index (κ3) is 6.59. The van der Waals surface area contributed by atoms with Crippen molar-refractivity contribution < 1.29 is 9.59 Å². The number of halogens is 1. The van der Waals surface area contributed by atoms with E-state index in [1.54, 1.807) is 0 Å². The van der Waals surface area contributed by atoms with Crippen molar-refractivity contribution in [1.82, 2.24) is 5.32 Å². The first-order valence-electron chi connectivity index (χ1n) is 8.35. The minimum Gasteiger partial charge on any atom is -0.352 e. The van der Waals surface area contributed by atoms with Crippen LogP contribution in [0.5, 0.6) is 0 Å². The lowest BCUT2D eigenvalue weighted by molar-refractivity contribution is -0.121. The highest BCUT2D eigenvalue weighted by atomic mass is 35.5. The second kappa shape index (κ2) is 9.23. The van der Waals surface area contributed by atoms with Crippen molar-refractivity contribution in [3.05, 3.63) is 64.7 Å². The SMILES string of the molecule is CC(C)C(=O)Nc1cccc(CNC(=O)CCc2ccc(Cl)cc2)c1. The average molecular weight is 359 g/mol. The molecule has 0 aliphatic carbocycles. The summed E-state index contributed by atoms with van der Waals surface area (Å²) in [5.74, 6) is -0.105. The van der Waals surface area contributed by atoms with Crippen molar-refractivity contribution >= 4 is 29.1 Å². The number of amides is 2. The first-order valence-corrected chi connectivity index (χ1v) is 8.73. The molecule has 2 aromatic rings. The van der Waals surface area contributed by atoms with Gasteiger partial charge in [-0.1, -0.05) is 49.7 Å². The summed E-state index contributed by atoms with van der Waals surface area (Å²) in [5, 5.41) is 6.46. The number of carbonyl (C=O) groups is 2. The van der Waals surface area contributed by atoms with Crippen molar-refractivity contribution in [2.75, 3.05) is 5.32 Å². The molecule has 0 radical (unpaired) electrons. The Bertz CT molecular complexity index is 727. The van der Waals surface area contributed by atoms with E-state index in [4.69, 9.17) is 11.6 Å². The van der Waals surface area contributed by atoms with Gasteiger partial charge >= 0.3 is 0 Å². The van der Waals surface area contributed by atoms with Crippen molar-refractivity contribution in [1.29, 1.82) is 0 Å². The topological polar surface area (TPSA) is 58.2 Å². The predicted molar refractivity (Wildman–Crippen MR) is 102 cm³/mol. The third-order valence-electron chi connectivity index (χ3n) is 3.76. The van der Waals surface area contributed by atoms with Gasteiger partial charge in [-0.25, -0.2) is 0 Å². The van der Waals surface area contributed by atoms with Crippen molar-refractivity contribution in [2.45, 2.75) is 33.2 Å². The summed E-state index contributed by atoms with van der Waals surface area (Å²) < 4.78 is 0. The number of hydrogen-bond acceptors (Lipinski definition) is 2. The molecule has 2 rings (SSSR count). The molecule has 0 saturated carbocycles. The Hall–Kier alpha value is -2.33. The molecule has 25 heavy (non-hydrogen) atoms. The molecular formula is C20H23ClN2O2. The van der Waals surface area contributed by atoms with E-state index in [1.165, 1.54) is 0 Å². The number of aryl methyl sites for hydroxylation is 1. The summed E-state index contributed by atoms with van der Waals surface area (Å²) in [5.41, 5.74) is 2.77. The van der Waals surface area contributed by atoms with E-state index < -0.39 is 0 Å². The van der Waals surface area contributed by atoms with Gasteiger partial charge in [0.1, 0.15) is 0 Å². The molecule has 0 unspecified atom stereocenters. The number of rotatable bonds is 7. The number of nitrogens with one attached hydrogen (secondary N) is 2. The Kier molecular flexibility index (Phi) is 7.02. The summed E-state index contributed by atoms with van der Waals surface area (Å²) in [6.45, 7) is 4.13. The van der Waals surface area contributed by atoms with Gasteiger partial charge in [0, 0.05) is 29.6 Å². The van der Waals surface area contributed by atoms with Crippen LogP contribution in [0.25, 0.3) is 0 Å². The minimum atomic E-state index is -0.0729. The van der Waals surface area contributed by atoms with Crippen LogP contribution in [0.4, 0.5) is 5.69 Å². The number of benzene rings is 2. The van der Waals surface area contributed by atoms with Crippen molar-refractivity contribution in [3.63, 3.8) is 0 Å². The van der Waals surface area contributed by atoms with Gasteiger partial charge in [0.15, 0.2) is 0 Å². The van der Waals surface area contributed by atoms with Crippen LogP contribution in [0, 0.1) is 5.92 Å². The Morgan fingerprint density at radius 3 is 2.44 bits per heavy atom. The van der Waals surface area contributed by atoms with Crippen LogP contribution < -0.4 is 10.6 Å². The molecule has 0 spiro atoms. The van der Waals surface area contributed by atoms with Crippen LogP contribution in [0.15, 0.2) is 48.5 Å². The fraction of sp³-hybridized carbons (Fsp3) is 0.300. The Morgan fingerprint density at radius 1 is 1.04 bits per heavy atom. The first kappa shape index (κ1) is 19.0. The highest BCUT2D eigenvalue weighted by Crippen LogP contribution is 2.13. The Morgan fingerprint density at radius 2 is 1.76 bits per heavy atom. The zero-order chi connectivity index (χ0) is 18.2. The summed E-state index contributed by atoms with van der Waals surface area (Å²) in [6, 6.07) is 15.0. The van der Waals surface area contributed by atoms with E-state index in [0.29, 0.717) is 24.4 Å². The zero-order valence-corrected chi connectivity index (χ0v) is 15.3. The molecule has 2 amide bonds. The molecule has 132 valence electrons. The summed E-state index contributed by atoms with van der Waals surface area (Å²) in [6.07, 6.45) is 1.10. The maximum atomic E-state index is 12.0. The zero-order valence-electron chi connectivity index (χ0n) is 14.5. The molecule has 0 heterocycles. The average Bonchev–Trinajstić information content (AvgIpc) is 2.59. The quantitative estimate of drug-likeness (QED) is 0.779. The fourth-order valence-corrected chi connectivity index (χ4v) is 2.37. The Labute approximate surface area is 153 Å². The van der Waals surface area contributed by atoms with Crippen LogP contribution in [0.3, 0.4) is 0 Å². The normalized spacial score (nSPS) is 10.6. The third-order valence-corrected chi connectivity index (χ3v) is 4.01. The molecule has 2 N–H and O–H groups in total. The van der Waals surface area contributed by atoms with Crippen molar-refractivity contribution in [3.8, 4) is 0 Å². The standard InChI is InChI=1S/C20H23ClN2O2/c1-14(2)20(25)23-18-5-3-4-16(12-18)13-22-19(24)11-8-15-6-9-17(21)10-7-15/h3-7,9-10,12,14H,8,11,13H2,1-2H3,(H,22,24)(H,23,25). The summed E-state index contributed by atoms with van der Waals surface area (Å²) in [4.78, 5) is 23.7.